The van der Waals surface area contributed by atoms with Crippen LogP contribution in [0.5, 0.6) is 5.75 Å². The van der Waals surface area contributed by atoms with E-state index in [0.717, 1.165) is 52.5 Å². The Morgan fingerprint density at radius 3 is 2.62 bits per heavy atom. The van der Waals surface area contributed by atoms with Gasteiger partial charge in [-0.3, -0.25) is 14.4 Å². The van der Waals surface area contributed by atoms with Crippen molar-refractivity contribution in [3.8, 4) is 17.0 Å². The molecule has 7 nitrogen and oxygen atoms in total. The van der Waals surface area contributed by atoms with Gasteiger partial charge < -0.3 is 15.0 Å². The number of nitrogens with one attached hydrogen (secondary N) is 1. The molecule has 2 fully saturated rings. The van der Waals surface area contributed by atoms with Crippen molar-refractivity contribution in [1.29, 1.82) is 0 Å². The van der Waals surface area contributed by atoms with Gasteiger partial charge in [0.1, 0.15) is 5.75 Å². The van der Waals surface area contributed by atoms with E-state index < -0.39 is 0 Å². The van der Waals surface area contributed by atoms with Gasteiger partial charge in [-0.05, 0) is 74.8 Å². The molecule has 34 heavy (non-hydrogen) atoms. The lowest BCUT2D eigenvalue weighted by molar-refractivity contribution is 0.0939. The molecule has 1 unspecified atom stereocenters. The normalized spacial score (nSPS) is 20.6. The molecule has 2 bridgehead atoms. The summed E-state index contributed by atoms with van der Waals surface area (Å²) in [6.07, 6.45) is 2.98. The Hall–Kier alpha value is -3.32. The summed E-state index contributed by atoms with van der Waals surface area (Å²) in [5, 5.41) is 7.49. The highest BCUT2D eigenvalue weighted by Crippen LogP contribution is 2.34. The number of hydrogen-bond acceptors (Lipinski definition) is 5. The number of carbonyl (C=O) groups is 1. The Balaban J connectivity index is 0.00000289. The SMILES string of the molecule is COc1cc(-c2ccnn2C)cc([C@@H](C)NC(=O)c2cc(N3CC4C[C@@H]3CN4C)ccc2C)c1.[HH]. The van der Waals surface area contributed by atoms with E-state index in [0.29, 0.717) is 12.1 Å². The van der Waals surface area contributed by atoms with Crippen LogP contribution in [0.2, 0.25) is 0 Å². The number of benzene rings is 2. The molecule has 0 radical (unpaired) electrons. The number of amides is 1. The molecule has 180 valence electrons. The van der Waals surface area contributed by atoms with E-state index in [9.17, 15) is 4.79 Å². The first kappa shape index (κ1) is 22.5. The number of aromatic nitrogens is 2. The lowest BCUT2D eigenvalue weighted by atomic mass is 10.0. The number of ether oxygens (including phenoxy) is 1. The first-order valence-corrected chi connectivity index (χ1v) is 11.9. The van der Waals surface area contributed by atoms with Gasteiger partial charge >= 0.3 is 0 Å². The van der Waals surface area contributed by atoms with Crippen molar-refractivity contribution < 1.29 is 11.0 Å². The van der Waals surface area contributed by atoms with Crippen molar-refractivity contribution in [3.63, 3.8) is 0 Å². The van der Waals surface area contributed by atoms with E-state index in [1.54, 1.807) is 13.3 Å². The highest BCUT2D eigenvalue weighted by molar-refractivity contribution is 5.97. The van der Waals surface area contributed by atoms with Crippen LogP contribution in [0.25, 0.3) is 11.3 Å². The number of carbonyl (C=O) groups excluding carboxylic acids is 1. The number of fused-ring (bicyclic) bond motifs is 2. The average Bonchev–Trinajstić information content (AvgIpc) is 3.54. The minimum Gasteiger partial charge on any atom is -0.497 e. The van der Waals surface area contributed by atoms with Crippen LogP contribution < -0.4 is 15.0 Å². The van der Waals surface area contributed by atoms with Crippen LogP contribution in [-0.2, 0) is 7.05 Å². The van der Waals surface area contributed by atoms with E-state index >= 15 is 0 Å². The van der Waals surface area contributed by atoms with E-state index in [1.165, 1.54) is 6.42 Å². The molecule has 3 heterocycles. The summed E-state index contributed by atoms with van der Waals surface area (Å²) in [5.41, 5.74) is 5.84. The summed E-state index contributed by atoms with van der Waals surface area (Å²) >= 11 is 0. The number of likely N-dealkylation sites (tertiary alicyclic amines) is 1. The second kappa shape index (κ2) is 8.80. The Morgan fingerprint density at radius 1 is 1.15 bits per heavy atom. The zero-order chi connectivity index (χ0) is 24.0. The van der Waals surface area contributed by atoms with Crippen molar-refractivity contribution in [2.45, 2.75) is 38.4 Å². The molecule has 0 aliphatic carbocycles. The zero-order valence-electron chi connectivity index (χ0n) is 20.6. The van der Waals surface area contributed by atoms with Gasteiger partial charge in [0.15, 0.2) is 0 Å². The van der Waals surface area contributed by atoms with Crippen molar-refractivity contribution in [1.82, 2.24) is 20.0 Å². The number of anilines is 1. The predicted molar refractivity (Wildman–Crippen MR) is 137 cm³/mol. The van der Waals surface area contributed by atoms with Gasteiger partial charge in [-0.15, -0.1) is 0 Å². The van der Waals surface area contributed by atoms with Gasteiger partial charge in [-0.1, -0.05) is 6.07 Å². The first-order chi connectivity index (χ1) is 16.3. The van der Waals surface area contributed by atoms with Gasteiger partial charge in [0.05, 0.1) is 18.8 Å². The lowest BCUT2D eigenvalue weighted by Gasteiger charge is -2.34. The predicted octanol–water partition coefficient (Wildman–Crippen LogP) is 4.03. The average molecular weight is 462 g/mol. The molecular weight excluding hydrogens is 426 g/mol. The summed E-state index contributed by atoms with van der Waals surface area (Å²) in [6, 6.07) is 15.3. The van der Waals surface area contributed by atoms with Crippen molar-refractivity contribution in [2.24, 2.45) is 7.05 Å². The Labute approximate surface area is 202 Å². The van der Waals surface area contributed by atoms with Gasteiger partial charge in [-0.25, -0.2) is 0 Å². The van der Waals surface area contributed by atoms with Crippen molar-refractivity contribution >= 4 is 11.6 Å². The standard InChI is InChI=1S/C27H33N5O2.H2/c1-17-6-7-21(32-16-22-13-23(32)15-30(22)3)14-25(17)27(33)29-18(2)19-10-20(12-24(11-19)34-5)26-8-9-28-31(26)4;/h6-12,14,18,22-23H,13,15-16H2,1-5H3,(H,29,33);1H/t18-,22?,23-;/m1./s1. The van der Waals surface area contributed by atoms with E-state index in [1.807, 2.05) is 43.8 Å². The third-order valence-electron chi connectivity index (χ3n) is 7.44. The molecule has 2 aromatic carbocycles. The van der Waals surface area contributed by atoms with E-state index in [-0.39, 0.29) is 13.4 Å². The number of piperazine rings is 1. The fraction of sp³-hybridized carbons (Fsp3) is 0.407. The van der Waals surface area contributed by atoms with Crippen LogP contribution in [0.3, 0.4) is 0 Å². The molecule has 3 atom stereocenters. The Morgan fingerprint density at radius 2 is 1.97 bits per heavy atom. The molecule has 7 heteroatoms. The monoisotopic (exact) mass is 461 g/mol. The van der Waals surface area contributed by atoms with Crippen LogP contribution in [0.4, 0.5) is 5.69 Å². The maximum atomic E-state index is 13.4. The molecule has 1 aromatic heterocycles. The van der Waals surface area contributed by atoms with Crippen LogP contribution >= 0.6 is 0 Å². The third kappa shape index (κ3) is 4.05. The maximum absolute atomic E-state index is 13.4. The number of rotatable bonds is 6. The van der Waals surface area contributed by atoms with Crippen molar-refractivity contribution in [3.05, 3.63) is 65.4 Å². The molecule has 1 amide bonds. The molecule has 0 spiro atoms. The zero-order valence-corrected chi connectivity index (χ0v) is 20.6. The molecule has 2 aliphatic rings. The molecule has 1 N–H and O–H groups in total. The minimum absolute atomic E-state index is 0. The highest BCUT2D eigenvalue weighted by Gasteiger charge is 2.41. The largest absolute Gasteiger partial charge is 0.497 e. The maximum Gasteiger partial charge on any atom is 0.252 e. The Kier molecular flexibility index (Phi) is 5.81. The Bertz CT molecular complexity index is 1220. The molecule has 2 aliphatic heterocycles. The fourth-order valence-electron chi connectivity index (χ4n) is 5.37. The van der Waals surface area contributed by atoms with E-state index in [2.05, 4.69) is 51.5 Å². The molecule has 0 saturated carbocycles. The van der Waals surface area contributed by atoms with Gasteiger partial charge in [0.25, 0.3) is 5.91 Å². The van der Waals surface area contributed by atoms with Gasteiger partial charge in [0.2, 0.25) is 0 Å². The number of likely N-dealkylation sites (N-methyl/N-ethyl adjacent to an activating group) is 1. The van der Waals surface area contributed by atoms with E-state index in [4.69, 9.17) is 4.74 Å². The summed E-state index contributed by atoms with van der Waals surface area (Å²) in [7, 11) is 5.78. The third-order valence-corrected chi connectivity index (χ3v) is 7.44. The quantitative estimate of drug-likeness (QED) is 0.601. The molecule has 2 saturated heterocycles. The first-order valence-electron chi connectivity index (χ1n) is 11.9. The molecular formula is C27H35N5O2. The van der Waals surface area contributed by atoms with Gasteiger partial charge in [-0.2, -0.15) is 5.10 Å². The van der Waals surface area contributed by atoms with Crippen LogP contribution in [0, 0.1) is 6.92 Å². The van der Waals surface area contributed by atoms with Crippen LogP contribution in [0.15, 0.2) is 48.7 Å². The summed E-state index contributed by atoms with van der Waals surface area (Å²) in [4.78, 5) is 18.3. The van der Waals surface area contributed by atoms with Crippen LogP contribution in [-0.4, -0.2) is 59.9 Å². The number of methoxy groups -OCH3 is 1. The van der Waals surface area contributed by atoms with Crippen LogP contribution in [0.1, 0.15) is 42.3 Å². The highest BCUT2D eigenvalue weighted by atomic mass is 16.5. The number of aryl methyl sites for hydroxylation is 2. The smallest absolute Gasteiger partial charge is 0.252 e. The minimum atomic E-state index is -0.186. The van der Waals surface area contributed by atoms with Crippen molar-refractivity contribution in [2.75, 3.05) is 32.1 Å². The van der Waals surface area contributed by atoms with Gasteiger partial charge in [0, 0.05) is 56.7 Å². The summed E-state index contributed by atoms with van der Waals surface area (Å²) < 4.78 is 7.38. The lowest BCUT2D eigenvalue weighted by Crippen LogP contribution is -2.44. The number of nitrogens with zero attached hydrogens (tertiary/aromatic N) is 4. The summed E-state index contributed by atoms with van der Waals surface area (Å²) in [6.45, 7) is 6.13. The second-order valence-electron chi connectivity index (χ2n) is 9.66. The summed E-state index contributed by atoms with van der Waals surface area (Å²) in [5.74, 6) is 0.695. The fourth-order valence-corrected chi connectivity index (χ4v) is 5.37. The second-order valence-corrected chi connectivity index (χ2v) is 9.66. The topological polar surface area (TPSA) is 62.6 Å². The molecule has 3 aromatic rings. The molecule has 5 rings (SSSR count). The number of hydrogen-bond donors (Lipinski definition) is 1.